The Morgan fingerprint density at radius 3 is 3.00 bits per heavy atom. The number of halogens is 1. The monoisotopic (exact) mass is 297 g/mol. The Morgan fingerprint density at radius 1 is 1.60 bits per heavy atom. The van der Waals surface area contributed by atoms with E-state index in [1.807, 2.05) is 6.92 Å². The quantitative estimate of drug-likeness (QED) is 0.837. The molecular formula is C14H20ClN3O2. The van der Waals surface area contributed by atoms with Crippen LogP contribution in [0.4, 0.5) is 11.4 Å². The maximum atomic E-state index is 12.3. The maximum Gasteiger partial charge on any atom is 0.241 e. The number of benzene rings is 1. The van der Waals surface area contributed by atoms with Gasteiger partial charge in [0.2, 0.25) is 5.91 Å². The number of morpholine rings is 1. The molecular weight excluding hydrogens is 278 g/mol. The molecule has 2 rings (SSSR count). The summed E-state index contributed by atoms with van der Waals surface area (Å²) in [6, 6.07) is 5.10. The average molecular weight is 298 g/mol. The van der Waals surface area contributed by atoms with Crippen LogP contribution < -0.4 is 11.1 Å². The largest absolute Gasteiger partial charge is 0.397 e. The van der Waals surface area contributed by atoms with Crippen LogP contribution in [-0.2, 0) is 9.53 Å². The summed E-state index contributed by atoms with van der Waals surface area (Å²) < 4.78 is 5.38. The third kappa shape index (κ3) is 3.42. The topological polar surface area (TPSA) is 67.6 Å². The summed E-state index contributed by atoms with van der Waals surface area (Å²) in [5.41, 5.74) is 6.84. The van der Waals surface area contributed by atoms with Crippen LogP contribution in [-0.4, -0.2) is 42.6 Å². The highest BCUT2D eigenvalue weighted by Gasteiger charge is 2.28. The molecule has 0 saturated carbocycles. The van der Waals surface area contributed by atoms with Crippen molar-refractivity contribution in [2.75, 3.05) is 30.8 Å². The highest BCUT2D eigenvalue weighted by molar-refractivity contribution is 6.33. The van der Waals surface area contributed by atoms with E-state index in [4.69, 9.17) is 22.1 Å². The summed E-state index contributed by atoms with van der Waals surface area (Å²) >= 11 is 5.86. The molecule has 110 valence electrons. The van der Waals surface area contributed by atoms with Crippen molar-refractivity contribution >= 4 is 28.9 Å². The molecule has 1 saturated heterocycles. The second-order valence-corrected chi connectivity index (χ2v) is 5.47. The SMILES string of the molecule is CC1COCCN1C(C)C(=O)Nc1ccc(Cl)c(N)c1. The number of nitrogens with one attached hydrogen (secondary N) is 1. The number of hydrogen-bond donors (Lipinski definition) is 2. The zero-order valence-corrected chi connectivity index (χ0v) is 12.5. The number of amides is 1. The van der Waals surface area contributed by atoms with E-state index in [0.29, 0.717) is 29.6 Å². The van der Waals surface area contributed by atoms with E-state index in [1.54, 1.807) is 18.2 Å². The third-order valence-electron chi connectivity index (χ3n) is 3.56. The number of hydrogen-bond acceptors (Lipinski definition) is 4. The highest BCUT2D eigenvalue weighted by Crippen LogP contribution is 2.22. The normalized spacial score (nSPS) is 21.4. The minimum atomic E-state index is -0.217. The van der Waals surface area contributed by atoms with Gasteiger partial charge in [-0.1, -0.05) is 11.6 Å². The molecule has 1 aliphatic rings. The van der Waals surface area contributed by atoms with E-state index >= 15 is 0 Å². The van der Waals surface area contributed by atoms with Crippen LogP contribution in [0.5, 0.6) is 0 Å². The van der Waals surface area contributed by atoms with Crippen molar-refractivity contribution < 1.29 is 9.53 Å². The first-order valence-electron chi connectivity index (χ1n) is 6.68. The van der Waals surface area contributed by atoms with E-state index in [-0.39, 0.29) is 18.0 Å². The Hall–Kier alpha value is -1.30. The fraction of sp³-hybridized carbons (Fsp3) is 0.500. The zero-order chi connectivity index (χ0) is 14.7. The van der Waals surface area contributed by atoms with Crippen molar-refractivity contribution in [2.45, 2.75) is 25.9 Å². The Morgan fingerprint density at radius 2 is 2.35 bits per heavy atom. The molecule has 0 spiro atoms. The molecule has 20 heavy (non-hydrogen) atoms. The van der Waals surface area contributed by atoms with Crippen LogP contribution in [0.3, 0.4) is 0 Å². The van der Waals surface area contributed by atoms with Crippen LogP contribution >= 0.6 is 11.6 Å². The minimum Gasteiger partial charge on any atom is -0.397 e. The van der Waals surface area contributed by atoms with Gasteiger partial charge in [-0.25, -0.2) is 0 Å². The first-order chi connectivity index (χ1) is 9.49. The number of rotatable bonds is 3. The molecule has 1 aliphatic heterocycles. The molecule has 2 unspecified atom stereocenters. The molecule has 2 atom stereocenters. The summed E-state index contributed by atoms with van der Waals surface area (Å²) in [6.07, 6.45) is 0. The standard InChI is InChI=1S/C14H20ClN3O2/c1-9-8-20-6-5-18(9)10(2)14(19)17-11-3-4-12(15)13(16)7-11/h3-4,7,9-10H,5-6,8,16H2,1-2H3,(H,17,19). The first kappa shape index (κ1) is 15.1. The van der Waals surface area contributed by atoms with E-state index in [2.05, 4.69) is 17.1 Å². The van der Waals surface area contributed by atoms with Gasteiger partial charge in [-0.3, -0.25) is 9.69 Å². The van der Waals surface area contributed by atoms with Crippen molar-refractivity contribution in [2.24, 2.45) is 0 Å². The van der Waals surface area contributed by atoms with Gasteiger partial charge in [0.05, 0.1) is 30.0 Å². The maximum absolute atomic E-state index is 12.3. The van der Waals surface area contributed by atoms with Crippen molar-refractivity contribution in [1.82, 2.24) is 4.90 Å². The molecule has 1 aromatic carbocycles. The summed E-state index contributed by atoms with van der Waals surface area (Å²) in [5, 5.41) is 3.35. The summed E-state index contributed by atoms with van der Waals surface area (Å²) in [5.74, 6) is -0.0551. The molecule has 1 fully saturated rings. The summed E-state index contributed by atoms with van der Waals surface area (Å²) in [6.45, 7) is 6.04. The van der Waals surface area contributed by atoms with Gasteiger partial charge >= 0.3 is 0 Å². The number of ether oxygens (including phenoxy) is 1. The molecule has 1 heterocycles. The molecule has 1 aromatic rings. The predicted molar refractivity (Wildman–Crippen MR) is 80.9 cm³/mol. The Bertz CT molecular complexity index is 495. The third-order valence-corrected chi connectivity index (χ3v) is 3.90. The Kier molecular flexibility index (Phi) is 4.86. The first-order valence-corrected chi connectivity index (χ1v) is 7.06. The van der Waals surface area contributed by atoms with E-state index in [1.165, 1.54) is 0 Å². The van der Waals surface area contributed by atoms with Gasteiger partial charge in [0.15, 0.2) is 0 Å². The fourth-order valence-corrected chi connectivity index (χ4v) is 2.45. The average Bonchev–Trinajstić information content (AvgIpc) is 2.42. The van der Waals surface area contributed by atoms with E-state index in [0.717, 1.165) is 6.54 Å². The van der Waals surface area contributed by atoms with Crippen LogP contribution in [0.15, 0.2) is 18.2 Å². The van der Waals surface area contributed by atoms with Gasteiger partial charge in [0.25, 0.3) is 0 Å². The van der Waals surface area contributed by atoms with E-state index < -0.39 is 0 Å². The molecule has 3 N–H and O–H groups in total. The Balaban J connectivity index is 2.01. The smallest absolute Gasteiger partial charge is 0.241 e. The lowest BCUT2D eigenvalue weighted by molar-refractivity contribution is -0.124. The molecule has 5 nitrogen and oxygen atoms in total. The molecule has 6 heteroatoms. The summed E-state index contributed by atoms with van der Waals surface area (Å²) in [4.78, 5) is 14.4. The lowest BCUT2D eigenvalue weighted by Gasteiger charge is -2.36. The van der Waals surface area contributed by atoms with Gasteiger partial charge < -0.3 is 15.8 Å². The van der Waals surface area contributed by atoms with Gasteiger partial charge in [0.1, 0.15) is 0 Å². The van der Waals surface area contributed by atoms with Crippen molar-refractivity contribution in [1.29, 1.82) is 0 Å². The second kappa shape index (κ2) is 6.43. The number of carbonyl (C=O) groups excluding carboxylic acids is 1. The lowest BCUT2D eigenvalue weighted by Crippen LogP contribution is -2.52. The molecule has 0 bridgehead atoms. The fourth-order valence-electron chi connectivity index (χ4n) is 2.33. The van der Waals surface area contributed by atoms with Gasteiger partial charge in [-0.2, -0.15) is 0 Å². The van der Waals surface area contributed by atoms with E-state index in [9.17, 15) is 4.79 Å². The van der Waals surface area contributed by atoms with Crippen molar-refractivity contribution in [3.8, 4) is 0 Å². The van der Waals surface area contributed by atoms with Crippen molar-refractivity contribution in [3.63, 3.8) is 0 Å². The van der Waals surface area contributed by atoms with Crippen molar-refractivity contribution in [3.05, 3.63) is 23.2 Å². The second-order valence-electron chi connectivity index (χ2n) is 5.06. The Labute approximate surface area is 124 Å². The van der Waals surface area contributed by atoms with Gasteiger partial charge in [0, 0.05) is 18.3 Å². The number of nitrogens with two attached hydrogens (primary N) is 1. The van der Waals surface area contributed by atoms with Crippen LogP contribution in [0, 0.1) is 0 Å². The summed E-state index contributed by atoms with van der Waals surface area (Å²) in [7, 11) is 0. The van der Waals surface area contributed by atoms with Gasteiger partial charge in [-0.15, -0.1) is 0 Å². The van der Waals surface area contributed by atoms with Crippen LogP contribution in [0.25, 0.3) is 0 Å². The van der Waals surface area contributed by atoms with Crippen LogP contribution in [0.2, 0.25) is 5.02 Å². The molecule has 0 aromatic heterocycles. The molecule has 0 radical (unpaired) electrons. The highest BCUT2D eigenvalue weighted by atomic mass is 35.5. The lowest BCUT2D eigenvalue weighted by atomic mass is 10.1. The van der Waals surface area contributed by atoms with Gasteiger partial charge in [-0.05, 0) is 32.0 Å². The molecule has 1 amide bonds. The van der Waals surface area contributed by atoms with Crippen LogP contribution in [0.1, 0.15) is 13.8 Å². The number of anilines is 2. The minimum absolute atomic E-state index is 0.0551. The molecule has 0 aliphatic carbocycles. The number of carbonyl (C=O) groups is 1. The predicted octanol–water partition coefficient (Wildman–Crippen LogP) is 1.97. The zero-order valence-electron chi connectivity index (χ0n) is 11.7. The number of nitrogen functional groups attached to an aromatic ring is 1. The number of nitrogens with zero attached hydrogens (tertiary/aromatic N) is 1.